The Morgan fingerprint density at radius 3 is 2.49 bits per heavy atom. The van der Waals surface area contributed by atoms with E-state index in [-0.39, 0.29) is 18.4 Å². The highest BCUT2D eigenvalue weighted by atomic mass is 16.5. The molecule has 35 heavy (non-hydrogen) atoms. The second-order valence-corrected chi connectivity index (χ2v) is 8.18. The third-order valence-corrected chi connectivity index (χ3v) is 5.56. The molecule has 184 valence electrons. The van der Waals surface area contributed by atoms with Gasteiger partial charge in [0.1, 0.15) is 12.4 Å². The monoisotopic (exact) mass is 479 g/mol. The number of anilines is 1. The lowest BCUT2D eigenvalue weighted by molar-refractivity contribution is -0.117. The van der Waals surface area contributed by atoms with Gasteiger partial charge in [0.05, 0.1) is 13.2 Å². The average molecular weight is 480 g/mol. The van der Waals surface area contributed by atoms with Crippen molar-refractivity contribution in [2.75, 3.05) is 44.6 Å². The number of hydrogen-bond acceptors (Lipinski definition) is 8. The molecule has 0 aliphatic carbocycles. The van der Waals surface area contributed by atoms with Crippen molar-refractivity contribution in [3.05, 3.63) is 65.7 Å². The second kappa shape index (κ2) is 11.5. The summed E-state index contributed by atoms with van der Waals surface area (Å²) < 4.78 is 16.6. The van der Waals surface area contributed by atoms with Gasteiger partial charge >= 0.3 is 0 Å². The minimum absolute atomic E-state index is 0.0752. The smallest absolute Gasteiger partial charge is 0.254 e. The van der Waals surface area contributed by atoms with Crippen LogP contribution in [0.2, 0.25) is 0 Å². The van der Waals surface area contributed by atoms with Gasteiger partial charge in [0, 0.05) is 50.2 Å². The SMILES string of the molecule is CCOc1cc(C(=O)N2CCN(CC(=O)Nc3cc(C)on3)CC2)ccc1OCc1ccncc1. The molecular formula is C25H29N5O5. The molecular weight excluding hydrogens is 450 g/mol. The van der Waals surface area contributed by atoms with Crippen LogP contribution < -0.4 is 14.8 Å². The zero-order valence-corrected chi connectivity index (χ0v) is 19.9. The third-order valence-electron chi connectivity index (χ3n) is 5.56. The van der Waals surface area contributed by atoms with E-state index < -0.39 is 0 Å². The van der Waals surface area contributed by atoms with Crippen molar-refractivity contribution in [1.82, 2.24) is 19.9 Å². The number of carbonyl (C=O) groups excluding carboxylic acids is 2. The summed E-state index contributed by atoms with van der Waals surface area (Å²) in [5.41, 5.74) is 1.53. The highest BCUT2D eigenvalue weighted by Crippen LogP contribution is 2.30. The van der Waals surface area contributed by atoms with Crippen LogP contribution >= 0.6 is 0 Å². The number of aryl methyl sites for hydroxylation is 1. The second-order valence-electron chi connectivity index (χ2n) is 8.18. The van der Waals surface area contributed by atoms with Crippen LogP contribution in [0, 0.1) is 6.92 Å². The summed E-state index contributed by atoms with van der Waals surface area (Å²) in [6.07, 6.45) is 3.43. The zero-order chi connectivity index (χ0) is 24.6. The van der Waals surface area contributed by atoms with Crippen LogP contribution in [0.5, 0.6) is 11.5 Å². The lowest BCUT2D eigenvalue weighted by Crippen LogP contribution is -2.50. The van der Waals surface area contributed by atoms with Gasteiger partial charge in [-0.3, -0.25) is 19.5 Å². The standard InChI is InChI=1S/C25H29N5O5/c1-3-33-22-15-20(4-5-21(22)34-17-19-6-8-26-9-7-19)25(32)30-12-10-29(11-13-30)16-24(31)27-23-14-18(2)35-28-23/h4-9,14-15H,3,10-13,16-17H2,1-2H3,(H,27,28,31). The molecule has 0 unspecified atom stereocenters. The van der Waals surface area contributed by atoms with Crippen molar-refractivity contribution in [1.29, 1.82) is 0 Å². The first kappa shape index (κ1) is 24.2. The maximum absolute atomic E-state index is 13.1. The van der Waals surface area contributed by atoms with E-state index in [1.54, 1.807) is 48.5 Å². The van der Waals surface area contributed by atoms with Gasteiger partial charge in [-0.2, -0.15) is 0 Å². The van der Waals surface area contributed by atoms with Crippen molar-refractivity contribution < 1.29 is 23.6 Å². The minimum Gasteiger partial charge on any atom is -0.490 e. The van der Waals surface area contributed by atoms with E-state index in [4.69, 9.17) is 14.0 Å². The lowest BCUT2D eigenvalue weighted by Gasteiger charge is -2.34. The third kappa shape index (κ3) is 6.57. The van der Waals surface area contributed by atoms with E-state index in [1.165, 1.54) is 0 Å². The Kier molecular flexibility index (Phi) is 7.94. The number of benzene rings is 1. The van der Waals surface area contributed by atoms with Gasteiger partial charge in [0.15, 0.2) is 17.3 Å². The maximum atomic E-state index is 13.1. The Morgan fingerprint density at radius 1 is 1.03 bits per heavy atom. The number of pyridine rings is 1. The van der Waals surface area contributed by atoms with E-state index in [1.807, 2.05) is 24.0 Å². The van der Waals surface area contributed by atoms with Crippen LogP contribution in [-0.4, -0.2) is 71.1 Å². The van der Waals surface area contributed by atoms with Crippen LogP contribution in [0.15, 0.2) is 53.3 Å². The first-order chi connectivity index (χ1) is 17.0. The van der Waals surface area contributed by atoms with Gasteiger partial charge in [-0.15, -0.1) is 0 Å². The quantitative estimate of drug-likeness (QED) is 0.499. The van der Waals surface area contributed by atoms with Gasteiger partial charge in [-0.25, -0.2) is 0 Å². The van der Waals surface area contributed by atoms with Crippen molar-refractivity contribution in [2.24, 2.45) is 0 Å². The summed E-state index contributed by atoms with van der Waals surface area (Å²) >= 11 is 0. The summed E-state index contributed by atoms with van der Waals surface area (Å²) in [4.78, 5) is 33.2. The molecule has 0 bridgehead atoms. The number of nitrogens with one attached hydrogen (secondary N) is 1. The van der Waals surface area contributed by atoms with Gasteiger partial charge in [-0.1, -0.05) is 5.16 Å². The number of aromatic nitrogens is 2. The number of hydrogen-bond donors (Lipinski definition) is 1. The van der Waals surface area contributed by atoms with Gasteiger partial charge in [0.25, 0.3) is 5.91 Å². The molecule has 10 heteroatoms. The fraction of sp³-hybridized carbons (Fsp3) is 0.360. The fourth-order valence-electron chi connectivity index (χ4n) is 3.77. The van der Waals surface area contributed by atoms with Crippen LogP contribution in [0.1, 0.15) is 28.6 Å². The first-order valence-electron chi connectivity index (χ1n) is 11.5. The molecule has 1 fully saturated rings. The van der Waals surface area contributed by atoms with Crippen molar-refractivity contribution in [3.8, 4) is 11.5 Å². The highest BCUT2D eigenvalue weighted by Gasteiger charge is 2.24. The molecule has 0 atom stereocenters. The number of piperazine rings is 1. The molecule has 1 saturated heterocycles. The molecule has 0 radical (unpaired) electrons. The van der Waals surface area contributed by atoms with Gasteiger partial charge in [-0.05, 0) is 49.7 Å². The minimum atomic E-state index is -0.165. The molecule has 3 heterocycles. The normalized spacial score (nSPS) is 13.9. The van der Waals surface area contributed by atoms with E-state index in [9.17, 15) is 9.59 Å². The van der Waals surface area contributed by atoms with Crippen LogP contribution in [0.25, 0.3) is 0 Å². The predicted octanol–water partition coefficient (Wildman–Crippen LogP) is 2.75. The number of ether oxygens (including phenoxy) is 2. The predicted molar refractivity (Wildman–Crippen MR) is 128 cm³/mol. The molecule has 1 N–H and O–H groups in total. The first-order valence-corrected chi connectivity index (χ1v) is 11.5. The molecule has 4 rings (SSSR count). The summed E-state index contributed by atoms with van der Waals surface area (Å²) in [5.74, 6) is 1.91. The number of amides is 2. The van der Waals surface area contributed by atoms with Crippen molar-refractivity contribution in [3.63, 3.8) is 0 Å². The molecule has 0 spiro atoms. The van der Waals surface area contributed by atoms with Gasteiger partial charge in [0.2, 0.25) is 5.91 Å². The Morgan fingerprint density at radius 2 is 1.80 bits per heavy atom. The maximum Gasteiger partial charge on any atom is 0.254 e. The molecule has 2 amide bonds. The van der Waals surface area contributed by atoms with E-state index in [0.29, 0.717) is 68.0 Å². The fourth-order valence-corrected chi connectivity index (χ4v) is 3.77. The molecule has 10 nitrogen and oxygen atoms in total. The summed E-state index contributed by atoms with van der Waals surface area (Å²) in [5, 5.41) is 6.49. The number of nitrogens with zero attached hydrogens (tertiary/aromatic N) is 4. The number of rotatable bonds is 9. The Hall–Kier alpha value is -3.92. The largest absolute Gasteiger partial charge is 0.490 e. The molecule has 2 aromatic heterocycles. The van der Waals surface area contributed by atoms with Crippen LogP contribution in [0.3, 0.4) is 0 Å². The average Bonchev–Trinajstić information content (AvgIpc) is 3.28. The zero-order valence-electron chi connectivity index (χ0n) is 19.9. The topological polar surface area (TPSA) is 110 Å². The molecule has 1 aliphatic heterocycles. The van der Waals surface area contributed by atoms with Crippen LogP contribution in [-0.2, 0) is 11.4 Å². The summed E-state index contributed by atoms with van der Waals surface area (Å²) in [7, 11) is 0. The van der Waals surface area contributed by atoms with Crippen molar-refractivity contribution >= 4 is 17.6 Å². The van der Waals surface area contributed by atoms with E-state index in [0.717, 1.165) is 5.56 Å². The molecule has 1 aromatic carbocycles. The Labute approximate surface area is 203 Å². The van der Waals surface area contributed by atoms with E-state index >= 15 is 0 Å². The molecule has 1 aliphatic rings. The van der Waals surface area contributed by atoms with E-state index in [2.05, 4.69) is 15.5 Å². The van der Waals surface area contributed by atoms with Crippen molar-refractivity contribution in [2.45, 2.75) is 20.5 Å². The summed E-state index contributed by atoms with van der Waals surface area (Å²) in [6.45, 7) is 6.97. The van der Waals surface area contributed by atoms with Gasteiger partial charge < -0.3 is 24.2 Å². The molecule has 0 saturated carbocycles. The van der Waals surface area contributed by atoms with Crippen LogP contribution in [0.4, 0.5) is 5.82 Å². The summed E-state index contributed by atoms with van der Waals surface area (Å²) in [6, 6.07) is 10.7. The Balaban J connectivity index is 1.31. The highest BCUT2D eigenvalue weighted by molar-refractivity contribution is 5.95. The molecule has 3 aromatic rings. The lowest BCUT2D eigenvalue weighted by atomic mass is 10.1. The number of carbonyl (C=O) groups is 2. The Bertz CT molecular complexity index is 1140.